The van der Waals surface area contributed by atoms with Gasteiger partial charge in [-0.15, -0.1) is 0 Å². The maximum absolute atomic E-state index is 9.67. The van der Waals surface area contributed by atoms with Crippen LogP contribution < -0.4 is 0 Å². The molecule has 3 heteroatoms. The summed E-state index contributed by atoms with van der Waals surface area (Å²) in [6.07, 6.45) is 0. The van der Waals surface area contributed by atoms with Gasteiger partial charge in [0.2, 0.25) is 0 Å². The molecule has 1 aromatic carbocycles. The Kier molecular flexibility index (Phi) is 2.37. The number of nitrogens with zero attached hydrogens (tertiary/aromatic N) is 2. The van der Waals surface area contributed by atoms with E-state index in [9.17, 15) is 5.11 Å². The number of hydrogen-bond acceptors (Lipinski definition) is 3. The Balaban J connectivity index is 2.59. The normalized spacial score (nSPS) is 10.3. The highest BCUT2D eigenvalue weighted by molar-refractivity contribution is 5.63. The lowest BCUT2D eigenvalue weighted by atomic mass is 10.2. The predicted molar refractivity (Wildman–Crippen MR) is 58.6 cm³/mol. The van der Waals surface area contributed by atoms with Crippen molar-refractivity contribution in [2.75, 3.05) is 0 Å². The summed E-state index contributed by atoms with van der Waals surface area (Å²) < 4.78 is 0. The summed E-state index contributed by atoms with van der Waals surface area (Å²) in [5.74, 6) is 0.785. The van der Waals surface area contributed by atoms with Crippen LogP contribution in [0.4, 0.5) is 0 Å². The molecule has 0 unspecified atom stereocenters. The molecule has 0 atom stereocenters. The minimum Gasteiger partial charge on any atom is -0.507 e. The molecule has 0 aliphatic carbocycles. The van der Waals surface area contributed by atoms with E-state index >= 15 is 0 Å². The molecular weight excluding hydrogens is 188 g/mol. The Labute approximate surface area is 88.5 Å². The van der Waals surface area contributed by atoms with Crippen LogP contribution in [-0.4, -0.2) is 15.1 Å². The number of aryl methyl sites for hydroxylation is 2. The molecule has 0 fully saturated rings. The quantitative estimate of drug-likeness (QED) is 0.769. The molecule has 0 radical (unpaired) electrons. The highest BCUT2D eigenvalue weighted by Crippen LogP contribution is 2.25. The van der Waals surface area contributed by atoms with Gasteiger partial charge in [-0.2, -0.15) is 0 Å². The Hall–Kier alpha value is -1.90. The van der Waals surface area contributed by atoms with Crippen LogP contribution in [0.3, 0.4) is 0 Å². The molecule has 0 aliphatic rings. The first-order chi connectivity index (χ1) is 7.16. The van der Waals surface area contributed by atoms with E-state index in [-0.39, 0.29) is 5.75 Å². The molecule has 76 valence electrons. The maximum atomic E-state index is 9.67. The van der Waals surface area contributed by atoms with E-state index in [1.165, 1.54) is 0 Å². The van der Waals surface area contributed by atoms with Crippen molar-refractivity contribution in [1.29, 1.82) is 0 Å². The molecule has 2 rings (SSSR count). The van der Waals surface area contributed by atoms with Gasteiger partial charge in [-0.1, -0.05) is 12.1 Å². The number of aromatic nitrogens is 2. The van der Waals surface area contributed by atoms with Gasteiger partial charge in [0.05, 0.1) is 5.56 Å². The van der Waals surface area contributed by atoms with Gasteiger partial charge < -0.3 is 5.11 Å². The lowest BCUT2D eigenvalue weighted by Crippen LogP contribution is -1.94. The molecule has 0 saturated carbocycles. The minimum atomic E-state index is 0.211. The molecule has 0 spiro atoms. The lowest BCUT2D eigenvalue weighted by Gasteiger charge is -2.04. The minimum absolute atomic E-state index is 0.211. The number of aromatic hydroxyl groups is 1. The number of rotatable bonds is 1. The zero-order valence-corrected chi connectivity index (χ0v) is 8.73. The van der Waals surface area contributed by atoms with Gasteiger partial charge in [0.15, 0.2) is 5.82 Å². The van der Waals surface area contributed by atoms with Crippen LogP contribution in [0, 0.1) is 13.8 Å². The molecule has 0 amide bonds. The van der Waals surface area contributed by atoms with Gasteiger partial charge in [0.1, 0.15) is 5.75 Å². The number of benzene rings is 1. The maximum Gasteiger partial charge on any atom is 0.163 e. The third kappa shape index (κ3) is 1.96. The van der Waals surface area contributed by atoms with Crippen LogP contribution >= 0.6 is 0 Å². The van der Waals surface area contributed by atoms with Crippen molar-refractivity contribution in [2.24, 2.45) is 0 Å². The number of phenols is 1. The molecule has 1 heterocycles. The third-order valence-electron chi connectivity index (χ3n) is 2.13. The van der Waals surface area contributed by atoms with Gasteiger partial charge in [0.25, 0.3) is 0 Å². The van der Waals surface area contributed by atoms with Gasteiger partial charge in [-0.25, -0.2) is 9.97 Å². The van der Waals surface area contributed by atoms with E-state index in [0.717, 1.165) is 11.4 Å². The largest absolute Gasteiger partial charge is 0.507 e. The van der Waals surface area contributed by atoms with Gasteiger partial charge in [-0.3, -0.25) is 0 Å². The molecule has 15 heavy (non-hydrogen) atoms. The second kappa shape index (κ2) is 3.69. The fourth-order valence-electron chi connectivity index (χ4n) is 1.51. The molecular formula is C12H12N2O. The average molecular weight is 200 g/mol. The predicted octanol–water partition coefficient (Wildman–Crippen LogP) is 2.47. The molecule has 1 N–H and O–H groups in total. The summed E-state index contributed by atoms with van der Waals surface area (Å²) in [5, 5.41) is 9.67. The fraction of sp³-hybridized carbons (Fsp3) is 0.167. The van der Waals surface area contributed by atoms with Crippen LogP contribution in [-0.2, 0) is 0 Å². The zero-order chi connectivity index (χ0) is 10.8. The van der Waals surface area contributed by atoms with Gasteiger partial charge in [-0.05, 0) is 32.0 Å². The van der Waals surface area contributed by atoms with Crippen molar-refractivity contribution in [2.45, 2.75) is 13.8 Å². The molecule has 1 aromatic heterocycles. The summed E-state index contributed by atoms with van der Waals surface area (Å²) in [5.41, 5.74) is 2.48. The Morgan fingerprint density at radius 1 is 1.00 bits per heavy atom. The summed E-state index contributed by atoms with van der Waals surface area (Å²) >= 11 is 0. The standard InChI is InChI=1S/C12H12N2O/c1-8-7-9(2)14-12(13-8)10-5-3-4-6-11(10)15/h3-7,15H,1-2H3. The van der Waals surface area contributed by atoms with E-state index in [1.54, 1.807) is 12.1 Å². The number of para-hydroxylation sites is 1. The first-order valence-electron chi connectivity index (χ1n) is 4.77. The Bertz CT molecular complexity index is 474. The van der Waals surface area contributed by atoms with Crippen LogP contribution in [0.1, 0.15) is 11.4 Å². The molecule has 0 bridgehead atoms. The van der Waals surface area contributed by atoms with E-state index in [2.05, 4.69) is 9.97 Å². The van der Waals surface area contributed by atoms with Crippen molar-refractivity contribution >= 4 is 0 Å². The summed E-state index contributed by atoms with van der Waals surface area (Å²) in [7, 11) is 0. The first-order valence-corrected chi connectivity index (χ1v) is 4.77. The van der Waals surface area contributed by atoms with Crippen LogP contribution in [0.5, 0.6) is 5.75 Å². The highest BCUT2D eigenvalue weighted by atomic mass is 16.3. The van der Waals surface area contributed by atoms with Crippen LogP contribution in [0.15, 0.2) is 30.3 Å². The second-order valence-electron chi connectivity index (χ2n) is 3.49. The average Bonchev–Trinajstić information content (AvgIpc) is 2.16. The van der Waals surface area contributed by atoms with Crippen molar-refractivity contribution in [3.63, 3.8) is 0 Å². The molecule has 0 saturated heterocycles. The summed E-state index contributed by atoms with van der Waals surface area (Å²) in [6.45, 7) is 3.83. The topological polar surface area (TPSA) is 46.0 Å². The summed E-state index contributed by atoms with van der Waals surface area (Å²) in [6, 6.07) is 8.99. The van der Waals surface area contributed by atoms with Crippen LogP contribution in [0.2, 0.25) is 0 Å². The SMILES string of the molecule is Cc1cc(C)nc(-c2ccccc2O)n1. The van der Waals surface area contributed by atoms with E-state index in [1.807, 2.05) is 32.0 Å². The molecule has 3 nitrogen and oxygen atoms in total. The van der Waals surface area contributed by atoms with E-state index in [4.69, 9.17) is 0 Å². The van der Waals surface area contributed by atoms with Crippen molar-refractivity contribution < 1.29 is 5.11 Å². The second-order valence-corrected chi connectivity index (χ2v) is 3.49. The highest BCUT2D eigenvalue weighted by Gasteiger charge is 2.06. The fourth-order valence-corrected chi connectivity index (χ4v) is 1.51. The van der Waals surface area contributed by atoms with Crippen molar-refractivity contribution in [1.82, 2.24) is 9.97 Å². The lowest BCUT2D eigenvalue weighted by molar-refractivity contribution is 0.477. The number of phenolic OH excluding ortho intramolecular Hbond substituents is 1. The third-order valence-corrected chi connectivity index (χ3v) is 2.13. The molecule has 2 aromatic rings. The Morgan fingerprint density at radius 3 is 2.20 bits per heavy atom. The van der Waals surface area contributed by atoms with Gasteiger partial charge in [0, 0.05) is 11.4 Å². The smallest absolute Gasteiger partial charge is 0.163 e. The number of hydrogen-bond donors (Lipinski definition) is 1. The van der Waals surface area contributed by atoms with Crippen molar-refractivity contribution in [3.05, 3.63) is 41.7 Å². The summed E-state index contributed by atoms with van der Waals surface area (Å²) in [4.78, 5) is 8.59. The first kappa shape index (κ1) is 9.65. The molecule has 0 aliphatic heterocycles. The van der Waals surface area contributed by atoms with Crippen LogP contribution in [0.25, 0.3) is 11.4 Å². The van der Waals surface area contributed by atoms with Crippen molar-refractivity contribution in [3.8, 4) is 17.1 Å². The zero-order valence-electron chi connectivity index (χ0n) is 8.73. The van der Waals surface area contributed by atoms with E-state index < -0.39 is 0 Å². The van der Waals surface area contributed by atoms with Gasteiger partial charge >= 0.3 is 0 Å². The Morgan fingerprint density at radius 2 is 1.60 bits per heavy atom. The van der Waals surface area contributed by atoms with E-state index in [0.29, 0.717) is 11.4 Å². The monoisotopic (exact) mass is 200 g/mol.